The quantitative estimate of drug-likeness (QED) is 0.886. The number of aromatic nitrogens is 3. The summed E-state index contributed by atoms with van der Waals surface area (Å²) in [6.45, 7) is 10.2. The predicted octanol–water partition coefficient (Wildman–Crippen LogP) is 2.22. The van der Waals surface area contributed by atoms with Gasteiger partial charge in [0.2, 0.25) is 10.0 Å². The third kappa shape index (κ3) is 3.65. The van der Waals surface area contributed by atoms with Crippen LogP contribution in [0.15, 0.2) is 16.6 Å². The molecule has 0 aromatic carbocycles. The largest absolute Gasteiger partial charge is 0.355 e. The van der Waals surface area contributed by atoms with Gasteiger partial charge in [-0.05, 0) is 34.6 Å². The average Bonchev–Trinajstić information content (AvgIpc) is 2.93. The summed E-state index contributed by atoms with van der Waals surface area (Å²) in [5.74, 6) is 0. The number of primary sulfonamides is 1. The molecular formula is C13H21N5O2S2. The van der Waals surface area contributed by atoms with Crippen molar-refractivity contribution in [3.63, 3.8) is 0 Å². The number of thiazole rings is 1. The minimum Gasteiger partial charge on any atom is -0.355 e. The molecular weight excluding hydrogens is 322 g/mol. The molecule has 0 amide bonds. The molecule has 1 atom stereocenters. The summed E-state index contributed by atoms with van der Waals surface area (Å²) >= 11 is 1.02. The zero-order valence-corrected chi connectivity index (χ0v) is 14.9. The van der Waals surface area contributed by atoms with Gasteiger partial charge in [0.05, 0.1) is 23.5 Å². The molecule has 0 bridgehead atoms. The van der Waals surface area contributed by atoms with Gasteiger partial charge in [-0.2, -0.15) is 5.10 Å². The van der Waals surface area contributed by atoms with E-state index in [-0.39, 0.29) is 15.8 Å². The van der Waals surface area contributed by atoms with Crippen molar-refractivity contribution in [2.24, 2.45) is 5.14 Å². The van der Waals surface area contributed by atoms with Gasteiger partial charge in [-0.1, -0.05) is 11.3 Å². The summed E-state index contributed by atoms with van der Waals surface area (Å²) in [4.78, 5) is 4.05. The molecule has 0 saturated carbocycles. The summed E-state index contributed by atoms with van der Waals surface area (Å²) in [7, 11) is -3.71. The molecule has 0 spiro atoms. The van der Waals surface area contributed by atoms with Gasteiger partial charge in [0.1, 0.15) is 0 Å². The number of nitrogens with zero attached hydrogens (tertiary/aromatic N) is 3. The second kappa shape index (κ2) is 5.64. The van der Waals surface area contributed by atoms with Crippen molar-refractivity contribution < 1.29 is 8.42 Å². The van der Waals surface area contributed by atoms with Crippen molar-refractivity contribution in [2.45, 2.75) is 50.4 Å². The van der Waals surface area contributed by atoms with Crippen LogP contribution >= 0.6 is 11.3 Å². The van der Waals surface area contributed by atoms with E-state index in [1.54, 1.807) is 0 Å². The van der Waals surface area contributed by atoms with E-state index in [1.807, 2.05) is 24.7 Å². The van der Waals surface area contributed by atoms with Crippen molar-refractivity contribution in [3.8, 4) is 0 Å². The summed E-state index contributed by atoms with van der Waals surface area (Å²) in [6, 6.07) is -0.0458. The van der Waals surface area contributed by atoms with Crippen LogP contribution < -0.4 is 10.5 Å². The lowest BCUT2D eigenvalue weighted by Crippen LogP contribution is -2.22. The van der Waals surface area contributed by atoms with E-state index >= 15 is 0 Å². The molecule has 0 saturated heterocycles. The molecule has 0 aliphatic rings. The van der Waals surface area contributed by atoms with Crippen molar-refractivity contribution >= 4 is 26.5 Å². The number of sulfonamides is 1. The zero-order valence-electron chi connectivity index (χ0n) is 13.3. The summed E-state index contributed by atoms with van der Waals surface area (Å²) in [5.41, 5.74) is 1.88. The Morgan fingerprint density at radius 3 is 2.50 bits per heavy atom. The molecule has 0 radical (unpaired) electrons. The van der Waals surface area contributed by atoms with Crippen LogP contribution in [0.1, 0.15) is 45.0 Å². The normalized spacial score (nSPS) is 14.1. The summed E-state index contributed by atoms with van der Waals surface area (Å²) in [5, 5.41) is 13.3. The fourth-order valence-corrected chi connectivity index (χ4v) is 3.50. The number of nitrogens with one attached hydrogen (secondary N) is 1. The fraction of sp³-hybridized carbons (Fsp3) is 0.538. The molecule has 0 aliphatic carbocycles. The first kappa shape index (κ1) is 16.9. The average molecular weight is 343 g/mol. The smallest absolute Gasteiger partial charge is 0.249 e. The van der Waals surface area contributed by atoms with E-state index in [9.17, 15) is 8.42 Å². The number of nitrogens with two attached hydrogens (primary N) is 1. The first-order chi connectivity index (χ1) is 9.98. The van der Waals surface area contributed by atoms with E-state index in [0.29, 0.717) is 5.13 Å². The van der Waals surface area contributed by atoms with Gasteiger partial charge in [0.25, 0.3) is 0 Å². The Bertz CT molecular complexity index is 771. The molecule has 22 heavy (non-hydrogen) atoms. The molecule has 2 rings (SSSR count). The van der Waals surface area contributed by atoms with Gasteiger partial charge in [-0.15, -0.1) is 0 Å². The lowest BCUT2D eigenvalue weighted by molar-refractivity contribution is 0.354. The fourth-order valence-electron chi connectivity index (χ4n) is 1.96. The Labute approximate surface area is 134 Å². The summed E-state index contributed by atoms with van der Waals surface area (Å²) < 4.78 is 24.5. The maximum atomic E-state index is 11.3. The Hall–Kier alpha value is -1.45. The molecule has 122 valence electrons. The molecule has 2 aromatic heterocycles. The van der Waals surface area contributed by atoms with Crippen LogP contribution in [0.4, 0.5) is 5.13 Å². The van der Waals surface area contributed by atoms with E-state index in [4.69, 9.17) is 5.14 Å². The highest BCUT2D eigenvalue weighted by atomic mass is 32.2. The SMILES string of the molecule is Cc1nn(C(C)(C)C)cc1C(C)Nc1ncc(S(N)(=O)=O)s1. The lowest BCUT2D eigenvalue weighted by atomic mass is 10.1. The Morgan fingerprint density at radius 2 is 2.05 bits per heavy atom. The van der Waals surface area contributed by atoms with Crippen LogP contribution in [0.25, 0.3) is 0 Å². The minimum atomic E-state index is -3.71. The van der Waals surface area contributed by atoms with Gasteiger partial charge in [-0.25, -0.2) is 18.5 Å². The van der Waals surface area contributed by atoms with Gasteiger partial charge in [-0.3, -0.25) is 4.68 Å². The van der Waals surface area contributed by atoms with Gasteiger partial charge in [0, 0.05) is 11.8 Å². The second-order valence-corrected chi connectivity index (χ2v) is 9.00. The van der Waals surface area contributed by atoms with Gasteiger partial charge >= 0.3 is 0 Å². The van der Waals surface area contributed by atoms with E-state index in [1.165, 1.54) is 6.20 Å². The van der Waals surface area contributed by atoms with Gasteiger partial charge in [0.15, 0.2) is 9.34 Å². The van der Waals surface area contributed by atoms with Crippen LogP contribution in [0, 0.1) is 6.92 Å². The van der Waals surface area contributed by atoms with E-state index < -0.39 is 10.0 Å². The third-order valence-electron chi connectivity index (χ3n) is 3.20. The van der Waals surface area contributed by atoms with Crippen molar-refractivity contribution in [1.29, 1.82) is 0 Å². The molecule has 3 N–H and O–H groups in total. The standard InChI is InChI=1S/C13H21N5O2S2/c1-8(10-7-18(13(3,4)5)17-9(10)2)16-12-15-6-11(21-12)22(14,19)20/h6-8H,1-5H3,(H,15,16)(H2,14,19,20). The molecule has 0 aliphatic heterocycles. The van der Waals surface area contributed by atoms with Crippen LogP contribution in [0.2, 0.25) is 0 Å². The Morgan fingerprint density at radius 1 is 1.41 bits per heavy atom. The van der Waals surface area contributed by atoms with Crippen LogP contribution in [-0.4, -0.2) is 23.2 Å². The van der Waals surface area contributed by atoms with E-state index in [2.05, 4.69) is 36.2 Å². The molecule has 9 heteroatoms. The van der Waals surface area contributed by atoms with Crippen molar-refractivity contribution in [2.75, 3.05) is 5.32 Å². The highest BCUT2D eigenvalue weighted by Gasteiger charge is 2.20. The maximum absolute atomic E-state index is 11.3. The first-order valence-corrected chi connectivity index (χ1v) is 9.16. The monoisotopic (exact) mass is 343 g/mol. The predicted molar refractivity (Wildman–Crippen MR) is 87.5 cm³/mol. The van der Waals surface area contributed by atoms with Crippen LogP contribution in [0.3, 0.4) is 0 Å². The molecule has 1 unspecified atom stereocenters. The van der Waals surface area contributed by atoms with Crippen molar-refractivity contribution in [3.05, 3.63) is 23.7 Å². The molecule has 2 heterocycles. The number of anilines is 1. The molecule has 7 nitrogen and oxygen atoms in total. The molecule has 2 aromatic rings. The lowest BCUT2D eigenvalue weighted by Gasteiger charge is -2.19. The Balaban J connectivity index is 2.21. The highest BCUT2D eigenvalue weighted by Crippen LogP contribution is 2.27. The highest BCUT2D eigenvalue weighted by molar-refractivity contribution is 7.91. The van der Waals surface area contributed by atoms with Crippen LogP contribution in [0.5, 0.6) is 0 Å². The number of hydrogen-bond acceptors (Lipinski definition) is 6. The second-order valence-electron chi connectivity index (χ2n) is 6.18. The first-order valence-electron chi connectivity index (χ1n) is 6.80. The number of rotatable bonds is 4. The van der Waals surface area contributed by atoms with Crippen molar-refractivity contribution in [1.82, 2.24) is 14.8 Å². The topological polar surface area (TPSA) is 103 Å². The number of aryl methyl sites for hydroxylation is 1. The maximum Gasteiger partial charge on any atom is 0.249 e. The number of hydrogen-bond donors (Lipinski definition) is 2. The zero-order chi connectivity index (χ0) is 16.7. The van der Waals surface area contributed by atoms with Gasteiger partial charge < -0.3 is 5.32 Å². The minimum absolute atomic E-state index is 0.0457. The molecule has 0 fully saturated rings. The van der Waals surface area contributed by atoms with E-state index in [0.717, 1.165) is 22.6 Å². The Kier molecular flexibility index (Phi) is 4.33. The summed E-state index contributed by atoms with van der Waals surface area (Å²) in [6.07, 6.45) is 3.27. The third-order valence-corrected chi connectivity index (χ3v) is 5.53. The van der Waals surface area contributed by atoms with Crippen LogP contribution in [-0.2, 0) is 15.6 Å².